The Balaban J connectivity index is 0. The molecule has 1 aliphatic rings. The maximum absolute atomic E-state index is 8.70. The molecule has 13 heavy (non-hydrogen) atoms. The van der Waals surface area contributed by atoms with Crippen LogP contribution in [0.25, 0.3) is 0 Å². The molecule has 0 atom stereocenters. The molecule has 0 saturated carbocycles. The van der Waals surface area contributed by atoms with Gasteiger partial charge in [-0.15, -0.1) is 9.79 Å². The lowest BCUT2D eigenvalue weighted by atomic mass is 10.4. The van der Waals surface area contributed by atoms with Crippen molar-refractivity contribution in [1.82, 2.24) is 5.32 Å². The Kier molecular flexibility index (Phi) is 16.0. The molecule has 1 aliphatic heterocycles. The van der Waals surface area contributed by atoms with E-state index in [4.69, 9.17) is 24.3 Å². The van der Waals surface area contributed by atoms with Crippen LogP contribution in [0.1, 0.15) is 0 Å². The van der Waals surface area contributed by atoms with E-state index < -0.39 is 14.7 Å². The molecule has 1 heterocycles. The minimum Gasteiger partial charge on any atom is -0.554 e. The minimum atomic E-state index is -2.87. The van der Waals surface area contributed by atoms with E-state index in [1.165, 1.54) is 26.2 Å². The first kappa shape index (κ1) is 14.9. The van der Waals surface area contributed by atoms with Gasteiger partial charge in [-0.25, -0.2) is 0 Å². The highest BCUT2D eigenvalue weighted by atomic mass is 31.1. The number of carbonyl (C=O) groups is 1. The van der Waals surface area contributed by atoms with E-state index in [1.807, 2.05) is 0 Å². The molecule has 1 rings (SSSR count). The third-order valence-electron chi connectivity index (χ3n) is 1.05. The van der Waals surface area contributed by atoms with Crippen molar-refractivity contribution in [2.24, 2.45) is 0 Å². The predicted molar refractivity (Wildman–Crippen MR) is 42.6 cm³/mol. The Labute approximate surface area is 76.7 Å². The van der Waals surface area contributed by atoms with Gasteiger partial charge in [0.1, 0.15) is 0 Å². The normalized spacial score (nSPS) is 14.0. The van der Waals surface area contributed by atoms with Crippen LogP contribution in [0, 0.1) is 0 Å². The summed E-state index contributed by atoms with van der Waals surface area (Å²) in [4.78, 5) is 22.5. The summed E-state index contributed by atoms with van der Waals surface area (Å²) in [6.07, 6.45) is 0. The molecule has 7 nitrogen and oxygen atoms in total. The standard InChI is InChI=1S/C4H10N2.CH2O2.HO3P/c1-2-6-4-3-5-1;2-1-3;1-4(2)3/h5-6H,1-4H2;1H,(H,2,3);(H-,1,2,3)/p+1. The fraction of sp³-hybridized carbons (Fsp3) is 0.800. The molecule has 0 radical (unpaired) electrons. The number of hydrogen-bond donors (Lipinski definition) is 4. The minimum absolute atomic E-state index is 0.500. The first-order valence-corrected chi connectivity index (χ1v) is 4.74. The largest absolute Gasteiger partial charge is 0.692 e. The lowest BCUT2D eigenvalue weighted by molar-refractivity contribution is -0.657. The summed E-state index contributed by atoms with van der Waals surface area (Å²) in [7, 11) is -2.87. The number of hydrogen-bond acceptors (Lipinski definition) is 4. The van der Waals surface area contributed by atoms with Crippen molar-refractivity contribution >= 4 is 14.7 Å². The van der Waals surface area contributed by atoms with E-state index >= 15 is 0 Å². The number of carboxylic acid groups (broad SMARTS) is 1. The molecule has 0 aromatic carbocycles. The van der Waals surface area contributed by atoms with E-state index in [0.29, 0.717) is 0 Å². The monoisotopic (exact) mass is 213 g/mol. The second-order valence-corrected chi connectivity index (χ2v) is 2.47. The van der Waals surface area contributed by atoms with Crippen molar-refractivity contribution < 1.29 is 29.6 Å². The lowest BCUT2D eigenvalue weighted by Crippen LogP contribution is -2.89. The molecule has 0 spiro atoms. The van der Waals surface area contributed by atoms with Crippen molar-refractivity contribution in [3.8, 4) is 0 Å². The third-order valence-corrected chi connectivity index (χ3v) is 1.05. The molecule has 1 saturated heterocycles. The van der Waals surface area contributed by atoms with Crippen LogP contribution in [0.5, 0.6) is 0 Å². The molecule has 1 fully saturated rings. The van der Waals surface area contributed by atoms with Gasteiger partial charge in [0.15, 0.2) is 0 Å². The number of nitrogens with one attached hydrogen (secondary N) is 1. The van der Waals surface area contributed by atoms with Crippen LogP contribution in [0.2, 0.25) is 0 Å². The number of carbonyl (C=O) groups excluding carboxylic acids is 1. The molecular formula is C5H14N2O5P+. The quantitative estimate of drug-likeness (QED) is 0.241. The molecular weight excluding hydrogens is 199 g/mol. The van der Waals surface area contributed by atoms with Gasteiger partial charge in [-0.3, -0.25) is 0 Å². The van der Waals surface area contributed by atoms with Gasteiger partial charge in [-0.2, -0.15) is 0 Å². The van der Waals surface area contributed by atoms with E-state index in [1.54, 1.807) is 0 Å². The fourth-order valence-corrected chi connectivity index (χ4v) is 0.678. The van der Waals surface area contributed by atoms with Crippen LogP contribution in [0.3, 0.4) is 0 Å². The van der Waals surface area contributed by atoms with Crippen molar-refractivity contribution in [2.75, 3.05) is 26.2 Å². The van der Waals surface area contributed by atoms with Gasteiger partial charge in [0.05, 0.1) is 13.1 Å². The third kappa shape index (κ3) is 34.5. The van der Waals surface area contributed by atoms with Gasteiger partial charge >= 0.3 is 8.25 Å². The van der Waals surface area contributed by atoms with Crippen LogP contribution in [0.4, 0.5) is 0 Å². The number of quaternary nitrogens is 1. The van der Waals surface area contributed by atoms with E-state index in [-0.39, 0.29) is 0 Å². The molecule has 5 N–H and O–H groups in total. The zero-order chi connectivity index (χ0) is 10.5. The van der Waals surface area contributed by atoms with Crippen molar-refractivity contribution in [3.05, 3.63) is 0 Å². The molecule has 8 heteroatoms. The fourth-order valence-electron chi connectivity index (χ4n) is 0.678. The average Bonchev–Trinajstić information content (AvgIpc) is 2.08. The van der Waals surface area contributed by atoms with Gasteiger partial charge in [0.25, 0.3) is 0 Å². The molecule has 78 valence electrons. The summed E-state index contributed by atoms with van der Waals surface area (Å²) in [5.41, 5.74) is 0. The highest BCUT2D eigenvalue weighted by Crippen LogP contribution is 1.98. The van der Waals surface area contributed by atoms with Crippen LogP contribution in [0.15, 0.2) is 0 Å². The van der Waals surface area contributed by atoms with Crippen LogP contribution < -0.4 is 15.7 Å². The van der Waals surface area contributed by atoms with Gasteiger partial charge in [0.2, 0.25) is 0 Å². The van der Waals surface area contributed by atoms with Crippen LogP contribution >= 0.6 is 8.25 Å². The molecule has 0 bridgehead atoms. The highest BCUT2D eigenvalue weighted by molar-refractivity contribution is 7.30. The van der Waals surface area contributed by atoms with E-state index in [0.717, 1.165) is 0 Å². The van der Waals surface area contributed by atoms with E-state index in [9.17, 15) is 0 Å². The summed E-state index contributed by atoms with van der Waals surface area (Å²) in [6, 6.07) is 0. The first-order chi connectivity index (χ1) is 6.15. The first-order valence-electron chi connectivity index (χ1n) is 3.58. The molecule has 0 unspecified atom stereocenters. The van der Waals surface area contributed by atoms with E-state index in [2.05, 4.69) is 10.6 Å². The number of nitrogens with two attached hydrogens (primary N) is 1. The summed E-state index contributed by atoms with van der Waals surface area (Å²) >= 11 is 0. The Morgan fingerprint density at radius 2 is 1.69 bits per heavy atom. The SMILES string of the molecule is C1C[NH2+]CCN1.O=C[O-].O=[P+](O)O. The Morgan fingerprint density at radius 3 is 1.77 bits per heavy atom. The average molecular weight is 213 g/mol. The zero-order valence-electron chi connectivity index (χ0n) is 7.05. The number of piperazine rings is 1. The summed E-state index contributed by atoms with van der Waals surface area (Å²) < 4.78 is 8.70. The number of rotatable bonds is 0. The van der Waals surface area contributed by atoms with Crippen LogP contribution in [-0.2, 0) is 9.36 Å². The molecule has 0 aliphatic carbocycles. The summed E-state index contributed by atoms with van der Waals surface area (Å²) in [5, 5.41) is 13.8. The van der Waals surface area contributed by atoms with Gasteiger partial charge in [-0.1, -0.05) is 0 Å². The summed E-state index contributed by atoms with van der Waals surface area (Å²) in [6.45, 7) is 4.42. The van der Waals surface area contributed by atoms with Crippen molar-refractivity contribution in [2.45, 2.75) is 0 Å². The molecule has 0 aromatic heterocycles. The smallest absolute Gasteiger partial charge is 0.554 e. The maximum Gasteiger partial charge on any atom is 0.692 e. The molecule has 0 amide bonds. The predicted octanol–water partition coefficient (Wildman–Crippen LogP) is -3.85. The Morgan fingerprint density at radius 1 is 1.38 bits per heavy atom. The van der Waals surface area contributed by atoms with Gasteiger partial charge in [-0.05, 0) is 0 Å². The van der Waals surface area contributed by atoms with Crippen LogP contribution in [-0.4, -0.2) is 42.4 Å². The van der Waals surface area contributed by atoms with Gasteiger partial charge in [0, 0.05) is 24.1 Å². The zero-order valence-corrected chi connectivity index (χ0v) is 7.94. The lowest BCUT2D eigenvalue weighted by Gasteiger charge is -2.07. The second-order valence-electron chi connectivity index (χ2n) is 1.96. The highest BCUT2D eigenvalue weighted by Gasteiger charge is 1.95. The maximum atomic E-state index is 8.70. The summed E-state index contributed by atoms with van der Waals surface area (Å²) in [5.74, 6) is 0. The van der Waals surface area contributed by atoms with Crippen molar-refractivity contribution in [1.29, 1.82) is 0 Å². The topological polar surface area (TPSA) is 126 Å². The van der Waals surface area contributed by atoms with Gasteiger partial charge < -0.3 is 20.5 Å². The Hall–Kier alpha value is -0.590. The molecule has 0 aromatic rings. The Bertz CT molecular complexity index is 115. The second kappa shape index (κ2) is 14.0. The van der Waals surface area contributed by atoms with Crippen molar-refractivity contribution in [3.63, 3.8) is 0 Å².